The van der Waals surface area contributed by atoms with Crippen molar-refractivity contribution < 1.29 is 14.4 Å². The fourth-order valence-electron chi connectivity index (χ4n) is 2.68. The third-order valence-corrected chi connectivity index (χ3v) is 3.79. The van der Waals surface area contributed by atoms with Gasteiger partial charge in [0, 0.05) is 5.92 Å². The summed E-state index contributed by atoms with van der Waals surface area (Å²) >= 11 is 0. The predicted octanol–water partition coefficient (Wildman–Crippen LogP) is 3.23. The summed E-state index contributed by atoms with van der Waals surface area (Å²) in [6, 6.07) is 0. The highest BCUT2D eigenvalue weighted by atomic mass is 16.5. The van der Waals surface area contributed by atoms with E-state index in [0.717, 1.165) is 18.8 Å². The number of carbonyl (C=O) groups is 1. The Morgan fingerprint density at radius 1 is 1.39 bits per heavy atom. The summed E-state index contributed by atoms with van der Waals surface area (Å²) in [6.45, 7) is 2.22. The van der Waals surface area contributed by atoms with Gasteiger partial charge < -0.3 is 9.63 Å². The summed E-state index contributed by atoms with van der Waals surface area (Å²) in [5, 5.41) is 12.2. The first-order valence-corrected chi connectivity index (χ1v) is 6.77. The molecule has 1 fully saturated rings. The van der Waals surface area contributed by atoms with Crippen molar-refractivity contribution in [3.05, 3.63) is 11.7 Å². The molecule has 5 nitrogen and oxygen atoms in total. The van der Waals surface area contributed by atoms with Gasteiger partial charge in [-0.15, -0.1) is 0 Å². The zero-order valence-electron chi connectivity index (χ0n) is 10.8. The maximum Gasteiger partial charge on any atom is 0.377 e. The number of hydrogen-bond acceptors (Lipinski definition) is 4. The van der Waals surface area contributed by atoms with Gasteiger partial charge in [-0.25, -0.2) is 4.79 Å². The molecule has 100 valence electrons. The topological polar surface area (TPSA) is 76.2 Å². The van der Waals surface area contributed by atoms with E-state index < -0.39 is 5.97 Å². The Morgan fingerprint density at radius 3 is 2.67 bits per heavy atom. The Balaban J connectivity index is 1.86. The van der Waals surface area contributed by atoms with E-state index in [9.17, 15) is 4.79 Å². The summed E-state index contributed by atoms with van der Waals surface area (Å²) in [7, 11) is 0. The molecule has 1 aliphatic carbocycles. The van der Waals surface area contributed by atoms with Crippen molar-refractivity contribution in [1.29, 1.82) is 0 Å². The van der Waals surface area contributed by atoms with Gasteiger partial charge in [-0.1, -0.05) is 26.2 Å². The van der Waals surface area contributed by atoms with Crippen molar-refractivity contribution >= 4 is 5.97 Å². The SMILES string of the molecule is CCCCC1CCC(c2nc(C(=O)O)no2)CC1. The minimum Gasteiger partial charge on any atom is -0.475 e. The average Bonchev–Trinajstić information content (AvgIpc) is 2.87. The minimum absolute atomic E-state index is 0.224. The fraction of sp³-hybridized carbons (Fsp3) is 0.769. The summed E-state index contributed by atoms with van der Waals surface area (Å²) < 4.78 is 5.04. The van der Waals surface area contributed by atoms with Crippen molar-refractivity contribution in [2.75, 3.05) is 0 Å². The van der Waals surface area contributed by atoms with Gasteiger partial charge in [-0.05, 0) is 36.8 Å². The van der Waals surface area contributed by atoms with Crippen molar-refractivity contribution in [3.63, 3.8) is 0 Å². The van der Waals surface area contributed by atoms with Gasteiger partial charge >= 0.3 is 5.97 Å². The van der Waals surface area contributed by atoms with E-state index in [-0.39, 0.29) is 11.7 Å². The number of rotatable bonds is 5. The molecule has 0 aromatic carbocycles. The quantitative estimate of drug-likeness (QED) is 0.870. The van der Waals surface area contributed by atoms with E-state index in [1.54, 1.807) is 0 Å². The molecule has 0 spiro atoms. The number of nitrogens with zero attached hydrogens (tertiary/aromatic N) is 2. The van der Waals surface area contributed by atoms with Crippen LogP contribution in [0.3, 0.4) is 0 Å². The van der Waals surface area contributed by atoms with Gasteiger partial charge in [0.15, 0.2) is 0 Å². The van der Waals surface area contributed by atoms with E-state index in [4.69, 9.17) is 9.63 Å². The molecule has 2 rings (SSSR count). The third-order valence-electron chi connectivity index (χ3n) is 3.79. The molecule has 0 aliphatic heterocycles. The largest absolute Gasteiger partial charge is 0.475 e. The fourth-order valence-corrected chi connectivity index (χ4v) is 2.68. The summed E-state index contributed by atoms with van der Waals surface area (Å²) in [5.41, 5.74) is 0. The van der Waals surface area contributed by atoms with Crippen molar-refractivity contribution in [1.82, 2.24) is 10.1 Å². The Hall–Kier alpha value is -1.39. The summed E-state index contributed by atoms with van der Waals surface area (Å²) in [5.74, 6) is 0.229. The highest BCUT2D eigenvalue weighted by Gasteiger charge is 2.27. The smallest absolute Gasteiger partial charge is 0.377 e. The zero-order chi connectivity index (χ0) is 13.0. The van der Waals surface area contributed by atoms with Crippen LogP contribution in [0.25, 0.3) is 0 Å². The number of carboxylic acid groups (broad SMARTS) is 1. The third kappa shape index (κ3) is 3.09. The van der Waals surface area contributed by atoms with Crippen molar-refractivity contribution in [3.8, 4) is 0 Å². The van der Waals surface area contributed by atoms with Crippen molar-refractivity contribution in [2.24, 2.45) is 5.92 Å². The Morgan fingerprint density at radius 2 is 2.11 bits per heavy atom. The van der Waals surface area contributed by atoms with E-state index in [1.807, 2.05) is 0 Å². The number of unbranched alkanes of at least 4 members (excludes halogenated alkanes) is 1. The maximum absolute atomic E-state index is 10.7. The van der Waals surface area contributed by atoms with Gasteiger partial charge in [-0.2, -0.15) is 4.98 Å². The van der Waals surface area contributed by atoms with Crippen LogP contribution in [0.2, 0.25) is 0 Å². The molecule has 0 unspecified atom stereocenters. The van der Waals surface area contributed by atoms with Gasteiger partial charge in [0.05, 0.1) is 0 Å². The lowest BCUT2D eigenvalue weighted by atomic mass is 9.80. The minimum atomic E-state index is -1.12. The van der Waals surface area contributed by atoms with Crippen LogP contribution < -0.4 is 0 Å². The van der Waals surface area contributed by atoms with Crippen LogP contribution in [0.5, 0.6) is 0 Å². The molecular weight excluding hydrogens is 232 g/mol. The van der Waals surface area contributed by atoms with Crippen LogP contribution in [0, 0.1) is 5.92 Å². The van der Waals surface area contributed by atoms with E-state index >= 15 is 0 Å². The molecule has 18 heavy (non-hydrogen) atoms. The maximum atomic E-state index is 10.7. The van der Waals surface area contributed by atoms with Crippen LogP contribution >= 0.6 is 0 Å². The Kier molecular flexibility index (Phi) is 4.33. The highest BCUT2D eigenvalue weighted by Crippen LogP contribution is 2.36. The lowest BCUT2D eigenvalue weighted by Crippen LogP contribution is -2.13. The molecule has 1 saturated carbocycles. The predicted molar refractivity (Wildman–Crippen MR) is 65.5 cm³/mol. The molecule has 0 bridgehead atoms. The lowest BCUT2D eigenvalue weighted by Gasteiger charge is -2.26. The summed E-state index contributed by atoms with van der Waals surface area (Å²) in [4.78, 5) is 14.6. The van der Waals surface area contributed by atoms with Crippen LogP contribution in [0.15, 0.2) is 4.52 Å². The zero-order valence-corrected chi connectivity index (χ0v) is 10.8. The first-order valence-electron chi connectivity index (χ1n) is 6.77. The molecule has 1 aliphatic rings. The molecule has 0 amide bonds. The molecule has 5 heteroatoms. The standard InChI is InChI=1S/C13H20N2O3/c1-2-3-4-9-5-7-10(8-6-9)12-14-11(13(16)17)15-18-12/h9-10H,2-8H2,1H3,(H,16,17). The van der Waals surface area contributed by atoms with Crippen LogP contribution in [-0.2, 0) is 0 Å². The molecule has 1 aromatic rings. The Labute approximate surface area is 107 Å². The molecule has 0 radical (unpaired) electrons. The van der Waals surface area contributed by atoms with E-state index in [2.05, 4.69) is 17.1 Å². The molecule has 0 saturated heterocycles. The van der Waals surface area contributed by atoms with Crippen LogP contribution in [0.4, 0.5) is 0 Å². The molecule has 1 aromatic heterocycles. The van der Waals surface area contributed by atoms with Gasteiger partial charge in [0.1, 0.15) is 0 Å². The average molecular weight is 252 g/mol. The van der Waals surface area contributed by atoms with Gasteiger partial charge in [-0.3, -0.25) is 0 Å². The first kappa shape index (κ1) is 13.1. The normalized spacial score (nSPS) is 24.1. The van der Waals surface area contributed by atoms with Gasteiger partial charge in [0.2, 0.25) is 5.89 Å². The van der Waals surface area contributed by atoms with E-state index in [0.29, 0.717) is 5.89 Å². The second-order valence-corrected chi connectivity index (χ2v) is 5.12. The molecule has 0 atom stereocenters. The lowest BCUT2D eigenvalue weighted by molar-refractivity contribution is 0.0680. The monoisotopic (exact) mass is 252 g/mol. The number of aromatic nitrogens is 2. The van der Waals surface area contributed by atoms with Gasteiger partial charge in [0.25, 0.3) is 5.82 Å². The second-order valence-electron chi connectivity index (χ2n) is 5.12. The first-order chi connectivity index (χ1) is 8.70. The summed E-state index contributed by atoms with van der Waals surface area (Å²) in [6.07, 6.45) is 8.33. The number of carboxylic acids is 1. The molecular formula is C13H20N2O3. The number of hydrogen-bond donors (Lipinski definition) is 1. The van der Waals surface area contributed by atoms with Crippen molar-refractivity contribution in [2.45, 2.75) is 57.8 Å². The highest BCUT2D eigenvalue weighted by molar-refractivity contribution is 5.82. The molecule has 1 heterocycles. The second kappa shape index (κ2) is 5.98. The van der Waals surface area contributed by atoms with Crippen LogP contribution in [0.1, 0.15) is 74.3 Å². The van der Waals surface area contributed by atoms with E-state index in [1.165, 1.54) is 32.1 Å². The molecule has 1 N–H and O–H groups in total. The van der Waals surface area contributed by atoms with Crippen LogP contribution in [-0.4, -0.2) is 21.2 Å². The Bertz CT molecular complexity index is 395. The number of aromatic carboxylic acids is 1.